The Labute approximate surface area is 163 Å². The summed E-state index contributed by atoms with van der Waals surface area (Å²) in [6, 6.07) is 13.6. The Balaban J connectivity index is 1.51. The van der Waals surface area contributed by atoms with Crippen molar-refractivity contribution in [1.29, 1.82) is 0 Å². The first-order chi connectivity index (χ1) is 13.6. The van der Waals surface area contributed by atoms with E-state index >= 15 is 0 Å². The zero-order valence-corrected chi connectivity index (χ0v) is 15.3. The van der Waals surface area contributed by atoms with Gasteiger partial charge in [0.1, 0.15) is 17.9 Å². The van der Waals surface area contributed by atoms with Gasteiger partial charge < -0.3 is 13.9 Å². The van der Waals surface area contributed by atoms with Crippen LogP contribution in [0.15, 0.2) is 75.0 Å². The van der Waals surface area contributed by atoms with Crippen LogP contribution in [-0.4, -0.2) is 16.2 Å². The third-order valence-corrected chi connectivity index (χ3v) is 4.28. The molecule has 0 atom stereocenters. The Morgan fingerprint density at radius 2 is 1.93 bits per heavy atom. The molecule has 0 saturated carbocycles. The second kappa shape index (κ2) is 7.66. The number of nitrogens with one attached hydrogen (secondary N) is 1. The van der Waals surface area contributed by atoms with Crippen molar-refractivity contribution in [3.8, 4) is 17.2 Å². The first-order valence-electron chi connectivity index (χ1n) is 8.46. The van der Waals surface area contributed by atoms with E-state index in [4.69, 9.17) is 25.5 Å². The summed E-state index contributed by atoms with van der Waals surface area (Å²) in [6.45, 7) is 0.462. The number of fused-ring (bicyclic) bond motifs is 1. The molecule has 2 heterocycles. The van der Waals surface area contributed by atoms with Crippen LogP contribution in [-0.2, 0) is 6.54 Å². The minimum Gasteiger partial charge on any atom is -0.488 e. The van der Waals surface area contributed by atoms with Gasteiger partial charge in [0.25, 0.3) is 5.56 Å². The van der Waals surface area contributed by atoms with Gasteiger partial charge in [0.05, 0.1) is 12.8 Å². The smallest absolute Gasteiger partial charge is 0.328 e. The molecule has 0 aliphatic carbocycles. The van der Waals surface area contributed by atoms with Gasteiger partial charge in [0.15, 0.2) is 11.5 Å². The van der Waals surface area contributed by atoms with Crippen LogP contribution in [0.4, 0.5) is 0 Å². The van der Waals surface area contributed by atoms with Crippen molar-refractivity contribution >= 4 is 22.6 Å². The van der Waals surface area contributed by atoms with Gasteiger partial charge in [-0.15, -0.1) is 0 Å². The summed E-state index contributed by atoms with van der Waals surface area (Å²) in [7, 11) is 0. The standard InChI is InChI=1S/C20H15ClN2O5/c21-14-1-3-17(27-10-8-23-7-5-19(24)22-20(23)25)18(12-14)28-15-2-4-16-13(11-15)6-9-26-16/h1-7,9,11-12H,8,10H2,(H,22,24,25). The molecule has 0 radical (unpaired) electrons. The second-order valence-corrected chi connectivity index (χ2v) is 6.40. The molecule has 0 amide bonds. The molecule has 0 unspecified atom stereocenters. The molecule has 0 aliphatic heterocycles. The molecule has 0 spiro atoms. The largest absolute Gasteiger partial charge is 0.488 e. The minimum atomic E-state index is -0.489. The van der Waals surface area contributed by atoms with Crippen LogP contribution >= 0.6 is 11.6 Å². The number of benzene rings is 2. The molecule has 4 rings (SSSR count). The molecule has 142 valence electrons. The van der Waals surface area contributed by atoms with Crippen molar-refractivity contribution in [3.05, 3.63) is 86.9 Å². The Bertz CT molecular complexity index is 1240. The Morgan fingerprint density at radius 3 is 2.79 bits per heavy atom. The summed E-state index contributed by atoms with van der Waals surface area (Å²) in [5.41, 5.74) is -0.163. The van der Waals surface area contributed by atoms with Crippen molar-refractivity contribution in [2.24, 2.45) is 0 Å². The molecule has 8 heteroatoms. The van der Waals surface area contributed by atoms with Crippen LogP contribution in [0.1, 0.15) is 0 Å². The number of rotatable bonds is 6. The molecule has 0 fully saturated rings. The fourth-order valence-electron chi connectivity index (χ4n) is 2.69. The molecule has 28 heavy (non-hydrogen) atoms. The number of H-pyrrole nitrogens is 1. The third kappa shape index (κ3) is 3.94. The highest BCUT2D eigenvalue weighted by Gasteiger charge is 2.09. The number of furan rings is 1. The predicted octanol–water partition coefficient (Wildman–Crippen LogP) is 3.81. The molecule has 2 aromatic carbocycles. The first-order valence-corrected chi connectivity index (χ1v) is 8.83. The normalized spacial score (nSPS) is 10.9. The van der Waals surface area contributed by atoms with Crippen molar-refractivity contribution in [1.82, 2.24) is 9.55 Å². The molecule has 2 aromatic heterocycles. The Kier molecular flexibility index (Phi) is 4.90. The topological polar surface area (TPSA) is 86.5 Å². The van der Waals surface area contributed by atoms with Gasteiger partial charge in [-0.05, 0) is 36.4 Å². The number of aromatic nitrogens is 2. The van der Waals surface area contributed by atoms with E-state index in [1.807, 2.05) is 18.2 Å². The van der Waals surface area contributed by atoms with Gasteiger partial charge in [0.2, 0.25) is 0 Å². The van der Waals surface area contributed by atoms with E-state index in [9.17, 15) is 9.59 Å². The molecule has 0 aliphatic rings. The summed E-state index contributed by atoms with van der Waals surface area (Å²) in [6.07, 6.45) is 3.03. The van der Waals surface area contributed by atoms with Crippen LogP contribution in [0.2, 0.25) is 5.02 Å². The highest BCUT2D eigenvalue weighted by molar-refractivity contribution is 6.30. The van der Waals surface area contributed by atoms with Gasteiger partial charge >= 0.3 is 5.69 Å². The highest BCUT2D eigenvalue weighted by atomic mass is 35.5. The fraction of sp³-hybridized carbons (Fsp3) is 0.100. The third-order valence-electron chi connectivity index (χ3n) is 4.04. The van der Waals surface area contributed by atoms with Crippen LogP contribution in [0.25, 0.3) is 11.0 Å². The van der Waals surface area contributed by atoms with E-state index in [0.29, 0.717) is 22.3 Å². The average Bonchev–Trinajstić information content (AvgIpc) is 3.13. The number of halogens is 1. The summed E-state index contributed by atoms with van der Waals surface area (Å²) < 4.78 is 18.4. The minimum absolute atomic E-state index is 0.199. The number of ether oxygens (including phenoxy) is 2. The van der Waals surface area contributed by atoms with E-state index in [1.165, 1.54) is 16.8 Å². The Morgan fingerprint density at radius 1 is 1.04 bits per heavy atom. The van der Waals surface area contributed by atoms with E-state index < -0.39 is 11.2 Å². The maximum absolute atomic E-state index is 11.7. The summed E-state index contributed by atoms with van der Waals surface area (Å²) in [5.74, 6) is 1.54. The molecule has 7 nitrogen and oxygen atoms in total. The summed E-state index contributed by atoms with van der Waals surface area (Å²) in [5, 5.41) is 1.42. The maximum Gasteiger partial charge on any atom is 0.328 e. The molecular weight excluding hydrogens is 384 g/mol. The van der Waals surface area contributed by atoms with E-state index in [-0.39, 0.29) is 13.2 Å². The van der Waals surface area contributed by atoms with Crippen molar-refractivity contribution in [2.75, 3.05) is 6.61 Å². The monoisotopic (exact) mass is 398 g/mol. The maximum atomic E-state index is 11.7. The van der Waals surface area contributed by atoms with Gasteiger partial charge in [-0.3, -0.25) is 14.3 Å². The van der Waals surface area contributed by atoms with E-state index in [2.05, 4.69) is 4.98 Å². The number of nitrogens with zero attached hydrogens (tertiary/aromatic N) is 1. The van der Waals surface area contributed by atoms with Gasteiger partial charge in [-0.2, -0.15) is 0 Å². The quantitative estimate of drug-likeness (QED) is 0.533. The van der Waals surface area contributed by atoms with Crippen molar-refractivity contribution in [2.45, 2.75) is 6.54 Å². The number of hydrogen-bond donors (Lipinski definition) is 1. The zero-order chi connectivity index (χ0) is 19.5. The van der Waals surface area contributed by atoms with Crippen molar-refractivity contribution < 1.29 is 13.9 Å². The van der Waals surface area contributed by atoms with Crippen LogP contribution < -0.4 is 20.7 Å². The molecule has 0 saturated heterocycles. The Hall–Kier alpha value is -3.45. The van der Waals surface area contributed by atoms with Crippen molar-refractivity contribution in [3.63, 3.8) is 0 Å². The number of hydrogen-bond acceptors (Lipinski definition) is 5. The molecular formula is C20H15ClN2O5. The summed E-state index contributed by atoms with van der Waals surface area (Å²) in [4.78, 5) is 25.0. The van der Waals surface area contributed by atoms with E-state index in [0.717, 1.165) is 11.0 Å². The number of aromatic amines is 1. The highest BCUT2D eigenvalue weighted by Crippen LogP contribution is 2.35. The molecule has 4 aromatic rings. The average molecular weight is 399 g/mol. The molecule has 0 bridgehead atoms. The first kappa shape index (κ1) is 17.9. The zero-order valence-electron chi connectivity index (χ0n) is 14.6. The lowest BCUT2D eigenvalue weighted by Gasteiger charge is -2.13. The van der Waals surface area contributed by atoms with Crippen LogP contribution in [0.3, 0.4) is 0 Å². The van der Waals surface area contributed by atoms with Gasteiger partial charge in [0, 0.05) is 28.7 Å². The SMILES string of the molecule is O=c1ccn(CCOc2ccc(Cl)cc2Oc2ccc3occc3c2)c(=O)[nH]1. The van der Waals surface area contributed by atoms with Gasteiger partial charge in [-0.1, -0.05) is 11.6 Å². The van der Waals surface area contributed by atoms with Crippen LogP contribution in [0, 0.1) is 0 Å². The van der Waals surface area contributed by atoms with E-state index in [1.54, 1.807) is 30.5 Å². The second-order valence-electron chi connectivity index (χ2n) is 5.97. The predicted molar refractivity (Wildman–Crippen MR) is 105 cm³/mol. The lowest BCUT2D eigenvalue weighted by molar-refractivity contribution is 0.283. The fourth-order valence-corrected chi connectivity index (χ4v) is 2.85. The van der Waals surface area contributed by atoms with Crippen LogP contribution in [0.5, 0.6) is 17.2 Å². The molecule has 1 N–H and O–H groups in total. The van der Waals surface area contributed by atoms with Gasteiger partial charge in [-0.25, -0.2) is 4.79 Å². The summed E-state index contributed by atoms with van der Waals surface area (Å²) >= 11 is 6.10. The lowest BCUT2D eigenvalue weighted by atomic mass is 10.2. The lowest BCUT2D eigenvalue weighted by Crippen LogP contribution is -2.30.